The van der Waals surface area contributed by atoms with Crippen molar-refractivity contribution in [2.24, 2.45) is 0 Å². The van der Waals surface area contributed by atoms with Crippen LogP contribution in [0.5, 0.6) is 0 Å². The van der Waals surface area contributed by atoms with Gasteiger partial charge in [0.2, 0.25) is 0 Å². The van der Waals surface area contributed by atoms with Gasteiger partial charge in [0.1, 0.15) is 0 Å². The Hall–Kier alpha value is -1.39. The van der Waals surface area contributed by atoms with Gasteiger partial charge in [-0.1, -0.05) is 17.7 Å². The number of rotatable bonds is 2. The number of hydrogen-bond acceptors (Lipinski definition) is 3. The number of carbonyl (C=O) groups is 1. The molecule has 0 atom stereocenters. The number of halogens is 1. The average Bonchev–Trinajstić information content (AvgIpc) is 2.76. The highest BCUT2D eigenvalue weighted by molar-refractivity contribution is 7.11. The Balaban J connectivity index is 2.21. The van der Waals surface area contributed by atoms with Crippen molar-refractivity contribution in [3.63, 3.8) is 0 Å². The van der Waals surface area contributed by atoms with E-state index in [0.717, 1.165) is 5.56 Å². The third-order valence-electron chi connectivity index (χ3n) is 2.07. The minimum Gasteiger partial charge on any atom is -0.320 e. The Morgan fingerprint density at radius 3 is 3.00 bits per heavy atom. The number of aromatic nitrogens is 1. The molecule has 0 aliphatic heterocycles. The van der Waals surface area contributed by atoms with Crippen LogP contribution in [0.3, 0.4) is 0 Å². The molecule has 0 fully saturated rings. The van der Waals surface area contributed by atoms with Crippen LogP contribution in [0.4, 0.5) is 5.69 Å². The van der Waals surface area contributed by atoms with Crippen molar-refractivity contribution in [3.8, 4) is 0 Å². The summed E-state index contributed by atoms with van der Waals surface area (Å²) in [6, 6.07) is 5.37. The minimum absolute atomic E-state index is 0.208. The standard InChI is InChI=1S/C11H9ClN2OS/c1-7-2-3-8(12)6-9(7)14-10(15)11-13-4-5-16-11/h2-6H,1H3,(H,14,15). The van der Waals surface area contributed by atoms with Gasteiger partial charge in [0.15, 0.2) is 5.01 Å². The highest BCUT2D eigenvalue weighted by atomic mass is 35.5. The topological polar surface area (TPSA) is 42.0 Å². The SMILES string of the molecule is Cc1ccc(Cl)cc1NC(=O)c1nccs1. The maximum atomic E-state index is 11.7. The summed E-state index contributed by atoms with van der Waals surface area (Å²) in [6.45, 7) is 1.91. The summed E-state index contributed by atoms with van der Waals surface area (Å²) >= 11 is 7.17. The van der Waals surface area contributed by atoms with Crippen molar-refractivity contribution in [3.05, 3.63) is 45.4 Å². The van der Waals surface area contributed by atoms with E-state index in [9.17, 15) is 4.79 Å². The van der Waals surface area contributed by atoms with Gasteiger partial charge >= 0.3 is 0 Å². The number of nitrogens with zero attached hydrogens (tertiary/aromatic N) is 1. The van der Waals surface area contributed by atoms with Crippen LogP contribution < -0.4 is 5.32 Å². The van der Waals surface area contributed by atoms with Gasteiger partial charge in [-0.15, -0.1) is 11.3 Å². The minimum atomic E-state index is -0.208. The molecule has 16 heavy (non-hydrogen) atoms. The fraction of sp³-hybridized carbons (Fsp3) is 0.0909. The molecule has 82 valence electrons. The molecule has 0 aliphatic carbocycles. The molecule has 0 aliphatic rings. The quantitative estimate of drug-likeness (QED) is 0.891. The molecule has 5 heteroatoms. The summed E-state index contributed by atoms with van der Waals surface area (Å²) in [7, 11) is 0. The number of nitrogens with one attached hydrogen (secondary N) is 1. The normalized spacial score (nSPS) is 10.1. The maximum absolute atomic E-state index is 11.7. The lowest BCUT2D eigenvalue weighted by atomic mass is 10.2. The zero-order valence-electron chi connectivity index (χ0n) is 8.53. The van der Waals surface area contributed by atoms with Gasteiger partial charge in [-0.2, -0.15) is 0 Å². The molecule has 2 rings (SSSR count). The number of hydrogen-bond donors (Lipinski definition) is 1. The van der Waals surface area contributed by atoms with Crippen molar-refractivity contribution in [1.82, 2.24) is 4.98 Å². The summed E-state index contributed by atoms with van der Waals surface area (Å²) in [6.07, 6.45) is 1.60. The van der Waals surface area contributed by atoms with Crippen LogP contribution in [-0.2, 0) is 0 Å². The molecular weight excluding hydrogens is 244 g/mol. The van der Waals surface area contributed by atoms with Gasteiger partial charge in [0.05, 0.1) is 0 Å². The number of amides is 1. The molecule has 2 aromatic rings. The fourth-order valence-corrected chi connectivity index (χ4v) is 1.94. The van der Waals surface area contributed by atoms with Gasteiger partial charge in [-0.3, -0.25) is 4.79 Å². The van der Waals surface area contributed by atoms with Gasteiger partial charge in [0.25, 0.3) is 5.91 Å². The van der Waals surface area contributed by atoms with Crippen molar-refractivity contribution in [1.29, 1.82) is 0 Å². The van der Waals surface area contributed by atoms with Crippen LogP contribution in [-0.4, -0.2) is 10.9 Å². The fourth-order valence-electron chi connectivity index (χ4n) is 1.24. The second-order valence-corrected chi connectivity index (χ2v) is 4.58. The molecule has 1 amide bonds. The molecule has 1 N–H and O–H groups in total. The first-order valence-electron chi connectivity index (χ1n) is 4.64. The van der Waals surface area contributed by atoms with Crippen LogP contribution in [0.1, 0.15) is 15.4 Å². The lowest BCUT2D eigenvalue weighted by Gasteiger charge is -2.06. The zero-order valence-corrected chi connectivity index (χ0v) is 10.1. The highest BCUT2D eigenvalue weighted by Crippen LogP contribution is 2.21. The first-order chi connectivity index (χ1) is 7.66. The Bertz CT molecular complexity index is 511. The van der Waals surface area contributed by atoms with E-state index in [1.165, 1.54) is 11.3 Å². The van der Waals surface area contributed by atoms with E-state index in [4.69, 9.17) is 11.6 Å². The molecule has 0 spiro atoms. The predicted octanol–water partition coefficient (Wildman–Crippen LogP) is 3.36. The molecule has 0 saturated carbocycles. The first kappa shape index (κ1) is 11.1. The second kappa shape index (κ2) is 4.63. The summed E-state index contributed by atoms with van der Waals surface area (Å²) in [5.74, 6) is -0.208. The first-order valence-corrected chi connectivity index (χ1v) is 5.89. The van der Waals surface area contributed by atoms with Crippen molar-refractivity contribution >= 4 is 34.5 Å². The van der Waals surface area contributed by atoms with Crippen LogP contribution >= 0.6 is 22.9 Å². The van der Waals surface area contributed by atoms with Gasteiger partial charge in [0, 0.05) is 22.3 Å². The van der Waals surface area contributed by atoms with Gasteiger partial charge < -0.3 is 5.32 Å². The zero-order chi connectivity index (χ0) is 11.5. The monoisotopic (exact) mass is 252 g/mol. The van der Waals surface area contributed by atoms with E-state index < -0.39 is 0 Å². The predicted molar refractivity (Wildman–Crippen MR) is 66.3 cm³/mol. The van der Waals surface area contributed by atoms with Crippen LogP contribution in [0.15, 0.2) is 29.8 Å². The number of benzene rings is 1. The molecule has 0 saturated heterocycles. The molecule has 1 aromatic heterocycles. The largest absolute Gasteiger partial charge is 0.320 e. The van der Waals surface area contributed by atoms with E-state index in [2.05, 4.69) is 10.3 Å². The van der Waals surface area contributed by atoms with E-state index >= 15 is 0 Å². The summed E-state index contributed by atoms with van der Waals surface area (Å²) in [5.41, 5.74) is 1.68. The Morgan fingerprint density at radius 1 is 1.50 bits per heavy atom. The van der Waals surface area contributed by atoms with Crippen LogP contribution in [0, 0.1) is 6.92 Å². The molecule has 3 nitrogen and oxygen atoms in total. The van der Waals surface area contributed by atoms with E-state index in [1.807, 2.05) is 13.0 Å². The number of aryl methyl sites for hydroxylation is 1. The Morgan fingerprint density at radius 2 is 2.31 bits per heavy atom. The van der Waals surface area contributed by atoms with Crippen molar-refractivity contribution in [2.45, 2.75) is 6.92 Å². The van der Waals surface area contributed by atoms with Crippen LogP contribution in [0.2, 0.25) is 5.02 Å². The highest BCUT2D eigenvalue weighted by Gasteiger charge is 2.09. The van der Waals surface area contributed by atoms with Gasteiger partial charge in [-0.25, -0.2) is 4.98 Å². The molecule has 0 bridgehead atoms. The summed E-state index contributed by atoms with van der Waals surface area (Å²) in [5, 5.41) is 5.58. The van der Waals surface area contributed by atoms with Crippen molar-refractivity contribution < 1.29 is 4.79 Å². The van der Waals surface area contributed by atoms with E-state index in [1.54, 1.807) is 23.7 Å². The number of thiazole rings is 1. The van der Waals surface area contributed by atoms with E-state index in [-0.39, 0.29) is 5.91 Å². The maximum Gasteiger partial charge on any atom is 0.284 e. The number of anilines is 1. The molecular formula is C11H9ClN2OS. The van der Waals surface area contributed by atoms with Crippen molar-refractivity contribution in [2.75, 3.05) is 5.32 Å². The Kier molecular flexibility index (Phi) is 3.22. The Labute approximate surface area is 102 Å². The third-order valence-corrected chi connectivity index (χ3v) is 3.08. The van der Waals surface area contributed by atoms with E-state index in [0.29, 0.717) is 15.7 Å². The van der Waals surface area contributed by atoms with Crippen LogP contribution in [0.25, 0.3) is 0 Å². The number of carbonyl (C=O) groups excluding carboxylic acids is 1. The third kappa shape index (κ3) is 2.40. The average molecular weight is 253 g/mol. The smallest absolute Gasteiger partial charge is 0.284 e. The lowest BCUT2D eigenvalue weighted by Crippen LogP contribution is -2.12. The molecule has 0 radical (unpaired) electrons. The molecule has 1 heterocycles. The van der Waals surface area contributed by atoms with Gasteiger partial charge in [-0.05, 0) is 24.6 Å². The second-order valence-electron chi connectivity index (χ2n) is 3.25. The molecule has 0 unspecified atom stereocenters. The molecule has 1 aromatic carbocycles. The lowest BCUT2D eigenvalue weighted by molar-refractivity contribution is 0.102. The summed E-state index contributed by atoms with van der Waals surface area (Å²) < 4.78 is 0. The summed E-state index contributed by atoms with van der Waals surface area (Å²) in [4.78, 5) is 15.7.